The van der Waals surface area contributed by atoms with Gasteiger partial charge in [-0.25, -0.2) is 0 Å². The average Bonchev–Trinajstić information content (AvgIpc) is 2.34. The van der Waals surface area contributed by atoms with Gasteiger partial charge in [0.25, 0.3) is 0 Å². The van der Waals surface area contributed by atoms with Crippen LogP contribution in [0, 0.1) is 25.2 Å². The van der Waals surface area contributed by atoms with Gasteiger partial charge >= 0.3 is 0 Å². The van der Waals surface area contributed by atoms with Crippen molar-refractivity contribution in [2.45, 2.75) is 45.6 Å². The van der Waals surface area contributed by atoms with E-state index in [1.807, 2.05) is 0 Å². The molecule has 0 spiro atoms. The number of piperidine rings is 1. The Morgan fingerprint density at radius 2 is 2.18 bits per heavy atom. The first-order valence-electron chi connectivity index (χ1n) is 6.44. The molecule has 0 amide bonds. The summed E-state index contributed by atoms with van der Waals surface area (Å²) in [5, 5.41) is 8.93. The van der Waals surface area contributed by atoms with E-state index in [-0.39, 0.29) is 0 Å². The quantitative estimate of drug-likeness (QED) is 0.773. The lowest BCUT2D eigenvalue weighted by Gasteiger charge is -2.37. The monoisotopic (exact) mass is 228 g/mol. The number of hydrogen-bond acceptors (Lipinski definition) is 2. The predicted molar refractivity (Wildman–Crippen MR) is 71.1 cm³/mol. The van der Waals surface area contributed by atoms with Crippen LogP contribution in [0.1, 0.15) is 36.8 Å². The van der Waals surface area contributed by atoms with Crippen LogP contribution in [0.25, 0.3) is 0 Å². The molecule has 1 unspecified atom stereocenters. The molecule has 0 saturated carbocycles. The molecule has 2 heteroatoms. The van der Waals surface area contributed by atoms with E-state index in [4.69, 9.17) is 5.26 Å². The zero-order valence-electron chi connectivity index (χ0n) is 10.7. The van der Waals surface area contributed by atoms with Crippen molar-refractivity contribution in [3.8, 4) is 6.07 Å². The van der Waals surface area contributed by atoms with E-state index in [1.54, 1.807) is 0 Å². The van der Waals surface area contributed by atoms with E-state index >= 15 is 0 Å². The summed E-state index contributed by atoms with van der Waals surface area (Å²) in [4.78, 5) is 2.44. The third-order valence-corrected chi connectivity index (χ3v) is 3.84. The summed E-state index contributed by atoms with van der Waals surface area (Å²) in [5.74, 6) is 0. The maximum absolute atomic E-state index is 8.93. The Hall–Kier alpha value is -1.49. The van der Waals surface area contributed by atoms with Crippen molar-refractivity contribution in [3.63, 3.8) is 0 Å². The fraction of sp³-hybridized carbons (Fsp3) is 0.533. The maximum atomic E-state index is 8.93. The topological polar surface area (TPSA) is 27.0 Å². The Morgan fingerprint density at radius 3 is 2.94 bits per heavy atom. The predicted octanol–water partition coefficient (Wildman–Crippen LogP) is 3.58. The van der Waals surface area contributed by atoms with Crippen LogP contribution < -0.4 is 4.90 Å². The van der Waals surface area contributed by atoms with E-state index in [0.29, 0.717) is 12.5 Å². The van der Waals surface area contributed by atoms with Gasteiger partial charge in [0.2, 0.25) is 0 Å². The van der Waals surface area contributed by atoms with E-state index in [1.165, 1.54) is 29.7 Å². The first-order chi connectivity index (χ1) is 8.24. The summed E-state index contributed by atoms with van der Waals surface area (Å²) < 4.78 is 0. The Bertz CT molecular complexity index is 431. The van der Waals surface area contributed by atoms with Gasteiger partial charge in [0.1, 0.15) is 0 Å². The molecule has 1 aromatic carbocycles. The number of hydrogen-bond donors (Lipinski definition) is 0. The van der Waals surface area contributed by atoms with Crippen LogP contribution in [0.3, 0.4) is 0 Å². The molecule has 0 aromatic heterocycles. The highest BCUT2D eigenvalue weighted by Gasteiger charge is 2.23. The minimum Gasteiger partial charge on any atom is -0.367 e. The molecule has 1 aromatic rings. The van der Waals surface area contributed by atoms with Crippen molar-refractivity contribution in [1.82, 2.24) is 0 Å². The molecule has 1 atom stereocenters. The molecular formula is C15H20N2. The van der Waals surface area contributed by atoms with Crippen LogP contribution >= 0.6 is 0 Å². The molecule has 1 aliphatic heterocycles. The lowest BCUT2D eigenvalue weighted by Crippen LogP contribution is -2.39. The number of nitrogens with zero attached hydrogens (tertiary/aromatic N) is 2. The SMILES string of the molecule is Cc1cccc(N2CCCCC2CC#N)c1C. The minimum absolute atomic E-state index is 0.411. The molecule has 17 heavy (non-hydrogen) atoms. The third kappa shape index (κ3) is 2.44. The Labute approximate surface area is 104 Å². The van der Waals surface area contributed by atoms with Gasteiger partial charge in [-0.2, -0.15) is 5.26 Å². The minimum atomic E-state index is 0.411. The van der Waals surface area contributed by atoms with Crippen LogP contribution in [0.2, 0.25) is 0 Å². The van der Waals surface area contributed by atoms with Crippen molar-refractivity contribution in [2.75, 3.05) is 11.4 Å². The Kier molecular flexibility index (Phi) is 3.68. The largest absolute Gasteiger partial charge is 0.367 e. The van der Waals surface area contributed by atoms with E-state index < -0.39 is 0 Å². The van der Waals surface area contributed by atoms with Crippen LogP contribution in [0.5, 0.6) is 0 Å². The second kappa shape index (κ2) is 5.23. The average molecular weight is 228 g/mol. The highest BCUT2D eigenvalue weighted by atomic mass is 15.2. The van der Waals surface area contributed by atoms with Gasteiger partial charge in [0.15, 0.2) is 0 Å². The first kappa shape index (κ1) is 12.0. The molecule has 2 rings (SSSR count). The molecule has 1 saturated heterocycles. The fourth-order valence-corrected chi connectivity index (χ4v) is 2.68. The van der Waals surface area contributed by atoms with Crippen molar-refractivity contribution >= 4 is 5.69 Å². The third-order valence-electron chi connectivity index (χ3n) is 3.84. The van der Waals surface area contributed by atoms with Gasteiger partial charge in [-0.1, -0.05) is 12.1 Å². The fourth-order valence-electron chi connectivity index (χ4n) is 2.68. The highest BCUT2D eigenvalue weighted by molar-refractivity contribution is 5.57. The summed E-state index contributed by atoms with van der Waals surface area (Å²) >= 11 is 0. The van der Waals surface area contributed by atoms with Crippen molar-refractivity contribution in [1.29, 1.82) is 5.26 Å². The molecule has 1 heterocycles. The van der Waals surface area contributed by atoms with Crippen molar-refractivity contribution in [3.05, 3.63) is 29.3 Å². The van der Waals surface area contributed by atoms with Crippen LogP contribution in [0.15, 0.2) is 18.2 Å². The highest BCUT2D eigenvalue weighted by Crippen LogP contribution is 2.30. The Morgan fingerprint density at radius 1 is 1.35 bits per heavy atom. The normalized spacial score (nSPS) is 20.1. The number of nitriles is 1. The lowest BCUT2D eigenvalue weighted by molar-refractivity contribution is 0.464. The molecule has 0 bridgehead atoms. The molecule has 0 radical (unpaired) electrons. The molecule has 1 aliphatic rings. The summed E-state index contributed by atoms with van der Waals surface area (Å²) in [5.41, 5.74) is 4.02. The molecule has 1 fully saturated rings. The van der Waals surface area contributed by atoms with Gasteiger partial charge in [-0.05, 0) is 50.3 Å². The van der Waals surface area contributed by atoms with Crippen LogP contribution in [-0.2, 0) is 0 Å². The molecule has 2 nitrogen and oxygen atoms in total. The first-order valence-corrected chi connectivity index (χ1v) is 6.44. The summed E-state index contributed by atoms with van der Waals surface area (Å²) in [6.45, 7) is 5.43. The summed E-state index contributed by atoms with van der Waals surface area (Å²) in [6.07, 6.45) is 4.30. The number of rotatable bonds is 2. The summed E-state index contributed by atoms with van der Waals surface area (Å²) in [6, 6.07) is 9.21. The van der Waals surface area contributed by atoms with Gasteiger partial charge in [0, 0.05) is 18.3 Å². The second-order valence-corrected chi connectivity index (χ2v) is 4.92. The molecule has 0 N–H and O–H groups in total. The van der Waals surface area contributed by atoms with Crippen LogP contribution in [0.4, 0.5) is 5.69 Å². The Balaban J connectivity index is 2.30. The number of aryl methyl sites for hydroxylation is 1. The van der Waals surface area contributed by atoms with Gasteiger partial charge < -0.3 is 4.90 Å². The van der Waals surface area contributed by atoms with Gasteiger partial charge in [-0.3, -0.25) is 0 Å². The van der Waals surface area contributed by atoms with Crippen LogP contribution in [-0.4, -0.2) is 12.6 Å². The van der Waals surface area contributed by atoms with Gasteiger partial charge in [-0.15, -0.1) is 0 Å². The van der Waals surface area contributed by atoms with Crippen molar-refractivity contribution < 1.29 is 0 Å². The molecule has 90 valence electrons. The lowest BCUT2D eigenvalue weighted by atomic mass is 9.97. The molecule has 0 aliphatic carbocycles. The van der Waals surface area contributed by atoms with E-state index in [0.717, 1.165) is 13.0 Å². The molecular weight excluding hydrogens is 208 g/mol. The van der Waals surface area contributed by atoms with E-state index in [9.17, 15) is 0 Å². The second-order valence-electron chi connectivity index (χ2n) is 4.92. The summed E-state index contributed by atoms with van der Waals surface area (Å²) in [7, 11) is 0. The maximum Gasteiger partial charge on any atom is 0.0643 e. The van der Waals surface area contributed by atoms with E-state index in [2.05, 4.69) is 43.0 Å². The van der Waals surface area contributed by atoms with Gasteiger partial charge in [0.05, 0.1) is 12.5 Å². The zero-order valence-corrected chi connectivity index (χ0v) is 10.7. The van der Waals surface area contributed by atoms with Crippen molar-refractivity contribution in [2.24, 2.45) is 0 Å². The smallest absolute Gasteiger partial charge is 0.0643 e. The number of benzene rings is 1. The zero-order chi connectivity index (χ0) is 12.3. The standard InChI is InChI=1S/C15H20N2/c1-12-6-5-8-15(13(12)2)17-11-4-3-7-14(17)9-10-16/h5-6,8,14H,3-4,7,9,11H2,1-2H3. The number of anilines is 1.